The number of aromatic nitrogens is 1. The maximum atomic E-state index is 2.46. The Morgan fingerprint density at radius 2 is 0.964 bits per heavy atom. The standard InChI is InChI=1S/C54H34N2/c1-2-14-36(15-3-1)43-19-8-10-23-50(43)56-51-24-11-9-21-46(51)47-30-28-42(34-52(47)56)55(40-26-25-35-13-4-5-16-37(35)32-40)41-27-29-45-48-22-12-18-39-31-38-17-6-7-20-44(38)54(53(39)48)49(45)33-41/h1-34H. The summed E-state index contributed by atoms with van der Waals surface area (Å²) in [7, 11) is 0. The van der Waals surface area contributed by atoms with Crippen LogP contribution in [0, 0.1) is 0 Å². The van der Waals surface area contributed by atoms with E-state index < -0.39 is 0 Å². The normalized spacial score (nSPS) is 11.9. The van der Waals surface area contributed by atoms with Gasteiger partial charge in [0.15, 0.2) is 0 Å². The molecular formula is C54H34N2. The highest BCUT2D eigenvalue weighted by Gasteiger charge is 2.26. The molecule has 0 saturated carbocycles. The lowest BCUT2D eigenvalue weighted by Crippen LogP contribution is -2.10. The molecule has 0 aliphatic heterocycles. The minimum absolute atomic E-state index is 1.10. The molecule has 12 rings (SSSR count). The van der Waals surface area contributed by atoms with E-state index in [0.29, 0.717) is 0 Å². The third kappa shape index (κ3) is 4.57. The van der Waals surface area contributed by atoms with Crippen LogP contribution in [-0.4, -0.2) is 4.57 Å². The third-order valence-electron chi connectivity index (χ3n) is 11.8. The maximum Gasteiger partial charge on any atom is 0.0562 e. The van der Waals surface area contributed by atoms with E-state index in [2.05, 4.69) is 216 Å². The molecule has 0 N–H and O–H groups in total. The quantitative estimate of drug-likeness (QED) is 0.161. The summed E-state index contributed by atoms with van der Waals surface area (Å²) in [5.74, 6) is 0. The van der Waals surface area contributed by atoms with Gasteiger partial charge in [-0.2, -0.15) is 0 Å². The second-order valence-electron chi connectivity index (χ2n) is 14.9. The van der Waals surface area contributed by atoms with Crippen molar-refractivity contribution in [2.24, 2.45) is 0 Å². The zero-order chi connectivity index (χ0) is 36.7. The summed E-state index contributed by atoms with van der Waals surface area (Å²) >= 11 is 0. The summed E-state index contributed by atoms with van der Waals surface area (Å²) in [6, 6.07) is 75.8. The molecule has 56 heavy (non-hydrogen) atoms. The fraction of sp³-hybridized carbons (Fsp3) is 0. The highest BCUT2D eigenvalue weighted by Crippen LogP contribution is 2.52. The topological polar surface area (TPSA) is 8.17 Å². The molecule has 1 aliphatic rings. The lowest BCUT2D eigenvalue weighted by Gasteiger charge is -2.27. The molecule has 2 nitrogen and oxygen atoms in total. The average molecular weight is 711 g/mol. The number of para-hydroxylation sites is 2. The van der Waals surface area contributed by atoms with Crippen LogP contribution in [0.3, 0.4) is 0 Å². The van der Waals surface area contributed by atoms with Crippen LogP contribution >= 0.6 is 0 Å². The first kappa shape index (κ1) is 31.0. The van der Waals surface area contributed by atoms with Gasteiger partial charge >= 0.3 is 0 Å². The lowest BCUT2D eigenvalue weighted by molar-refractivity contribution is 1.18. The van der Waals surface area contributed by atoms with Gasteiger partial charge in [-0.05, 0) is 115 Å². The van der Waals surface area contributed by atoms with Crippen molar-refractivity contribution in [3.8, 4) is 39.1 Å². The Bertz CT molecular complexity index is 3370. The Kier molecular flexibility index (Phi) is 6.66. The Balaban J connectivity index is 1.13. The van der Waals surface area contributed by atoms with Gasteiger partial charge in [0, 0.05) is 33.4 Å². The zero-order valence-corrected chi connectivity index (χ0v) is 30.5. The summed E-state index contributed by atoms with van der Waals surface area (Å²) < 4.78 is 2.46. The van der Waals surface area contributed by atoms with Crippen molar-refractivity contribution in [1.29, 1.82) is 0 Å². The van der Waals surface area contributed by atoms with Crippen molar-refractivity contribution in [2.45, 2.75) is 0 Å². The van der Waals surface area contributed by atoms with E-state index in [1.54, 1.807) is 0 Å². The molecule has 0 saturated heterocycles. The van der Waals surface area contributed by atoms with Gasteiger partial charge in [0.2, 0.25) is 0 Å². The molecular weight excluding hydrogens is 677 g/mol. The molecule has 0 unspecified atom stereocenters. The summed E-state index contributed by atoms with van der Waals surface area (Å²) in [6.45, 7) is 0. The van der Waals surface area contributed by atoms with Crippen LogP contribution in [0.5, 0.6) is 0 Å². The number of benzene rings is 10. The molecule has 11 aromatic rings. The SMILES string of the molecule is c1ccc(-c2ccccc2-n2c3ccccc3c3ccc(N(c4ccc5c(c4)-c4c6ccccc6cc6cccc-5c46)c4ccc5ccccc5c4)cc32)cc1. The number of nitrogens with zero attached hydrogens (tertiary/aromatic N) is 2. The summed E-state index contributed by atoms with van der Waals surface area (Å²) in [5.41, 5.74) is 14.5. The number of rotatable bonds is 5. The van der Waals surface area contributed by atoms with Crippen molar-refractivity contribution >= 4 is 71.2 Å². The fourth-order valence-corrected chi connectivity index (χ4v) is 9.39. The molecule has 0 atom stereocenters. The molecule has 1 aromatic heterocycles. The van der Waals surface area contributed by atoms with Gasteiger partial charge in [-0.3, -0.25) is 0 Å². The van der Waals surface area contributed by atoms with Crippen LogP contribution in [-0.2, 0) is 0 Å². The first-order chi connectivity index (χ1) is 27.8. The van der Waals surface area contributed by atoms with Gasteiger partial charge in [-0.25, -0.2) is 0 Å². The molecule has 0 fully saturated rings. The van der Waals surface area contributed by atoms with Crippen LogP contribution in [0.4, 0.5) is 17.1 Å². The van der Waals surface area contributed by atoms with Gasteiger partial charge in [-0.15, -0.1) is 0 Å². The van der Waals surface area contributed by atoms with E-state index in [1.807, 2.05) is 0 Å². The van der Waals surface area contributed by atoms with Crippen LogP contribution in [0.1, 0.15) is 0 Å². The summed E-state index contributed by atoms with van der Waals surface area (Å²) in [6.07, 6.45) is 0. The smallest absolute Gasteiger partial charge is 0.0562 e. The van der Waals surface area contributed by atoms with Gasteiger partial charge in [0.25, 0.3) is 0 Å². The third-order valence-corrected chi connectivity index (χ3v) is 11.8. The van der Waals surface area contributed by atoms with E-state index in [9.17, 15) is 0 Å². The fourth-order valence-electron chi connectivity index (χ4n) is 9.39. The summed E-state index contributed by atoms with van der Waals surface area (Å²) in [5, 5.41) is 10.1. The van der Waals surface area contributed by atoms with Crippen molar-refractivity contribution in [3.63, 3.8) is 0 Å². The van der Waals surface area contributed by atoms with Gasteiger partial charge in [0.1, 0.15) is 0 Å². The van der Waals surface area contributed by atoms with Crippen molar-refractivity contribution < 1.29 is 0 Å². The lowest BCUT2D eigenvalue weighted by atomic mass is 9.95. The number of hydrogen-bond donors (Lipinski definition) is 0. The Hall–Kier alpha value is -7.42. The Morgan fingerprint density at radius 1 is 0.321 bits per heavy atom. The van der Waals surface area contributed by atoms with Crippen LogP contribution in [0.2, 0.25) is 0 Å². The number of fused-ring (bicyclic) bond motifs is 9. The summed E-state index contributed by atoms with van der Waals surface area (Å²) in [4.78, 5) is 2.45. The Morgan fingerprint density at radius 3 is 1.88 bits per heavy atom. The van der Waals surface area contributed by atoms with Crippen molar-refractivity contribution in [2.75, 3.05) is 4.90 Å². The molecule has 0 spiro atoms. The van der Waals surface area contributed by atoms with E-state index in [4.69, 9.17) is 0 Å². The molecule has 1 heterocycles. The predicted octanol–water partition coefficient (Wildman–Crippen LogP) is 15.0. The van der Waals surface area contributed by atoms with Gasteiger partial charge < -0.3 is 9.47 Å². The molecule has 10 aromatic carbocycles. The van der Waals surface area contributed by atoms with Crippen LogP contribution in [0.25, 0.3) is 93.2 Å². The highest BCUT2D eigenvalue weighted by molar-refractivity contribution is 6.24. The van der Waals surface area contributed by atoms with Gasteiger partial charge in [0.05, 0.1) is 16.7 Å². The maximum absolute atomic E-state index is 2.46. The first-order valence-corrected chi connectivity index (χ1v) is 19.3. The molecule has 260 valence electrons. The van der Waals surface area contributed by atoms with Gasteiger partial charge in [-0.1, -0.05) is 152 Å². The van der Waals surface area contributed by atoms with Crippen molar-refractivity contribution in [3.05, 3.63) is 206 Å². The molecule has 0 radical (unpaired) electrons. The second kappa shape index (κ2) is 12.0. The zero-order valence-electron chi connectivity index (χ0n) is 30.5. The number of anilines is 3. The monoisotopic (exact) mass is 710 g/mol. The minimum Gasteiger partial charge on any atom is -0.310 e. The molecule has 0 bridgehead atoms. The van der Waals surface area contributed by atoms with E-state index >= 15 is 0 Å². The number of hydrogen-bond acceptors (Lipinski definition) is 1. The largest absolute Gasteiger partial charge is 0.310 e. The van der Waals surface area contributed by atoms with E-state index in [1.165, 1.54) is 87.5 Å². The van der Waals surface area contributed by atoms with Crippen molar-refractivity contribution in [1.82, 2.24) is 4.57 Å². The van der Waals surface area contributed by atoms with Crippen LogP contribution < -0.4 is 4.90 Å². The minimum atomic E-state index is 1.10. The molecule has 1 aliphatic carbocycles. The van der Waals surface area contributed by atoms with E-state index in [0.717, 1.165) is 22.7 Å². The van der Waals surface area contributed by atoms with E-state index in [-0.39, 0.29) is 0 Å². The second-order valence-corrected chi connectivity index (χ2v) is 14.9. The molecule has 0 amide bonds. The van der Waals surface area contributed by atoms with Crippen LogP contribution in [0.15, 0.2) is 206 Å². The highest BCUT2D eigenvalue weighted by atomic mass is 15.1. The first-order valence-electron chi connectivity index (χ1n) is 19.3. The Labute approximate surface area is 324 Å². The molecule has 2 heteroatoms. The predicted molar refractivity (Wildman–Crippen MR) is 238 cm³/mol. The average Bonchev–Trinajstić information content (AvgIpc) is 3.77.